The van der Waals surface area contributed by atoms with Crippen molar-refractivity contribution >= 4 is 23.9 Å². The molecule has 12 nitrogen and oxygen atoms in total. The van der Waals surface area contributed by atoms with E-state index in [1.54, 1.807) is 31.2 Å². The molecule has 44 heavy (non-hydrogen) atoms. The Morgan fingerprint density at radius 3 is 2.45 bits per heavy atom. The molecule has 3 N–H and O–H groups in total. The zero-order chi connectivity index (χ0) is 32.0. The van der Waals surface area contributed by atoms with E-state index in [-0.39, 0.29) is 35.3 Å². The van der Waals surface area contributed by atoms with Crippen LogP contribution in [0.4, 0.5) is 0 Å². The number of phenols is 1. The summed E-state index contributed by atoms with van der Waals surface area (Å²) < 4.78 is 22.2. The second-order valence-electron chi connectivity index (χ2n) is 11.5. The Hall–Kier alpha value is -4.42. The Morgan fingerprint density at radius 1 is 1.11 bits per heavy atom. The van der Waals surface area contributed by atoms with Crippen LogP contribution in [0.15, 0.2) is 54.3 Å². The van der Waals surface area contributed by atoms with Crippen LogP contribution in [0.2, 0.25) is 0 Å². The van der Waals surface area contributed by atoms with Gasteiger partial charge in [-0.2, -0.15) is 0 Å². The lowest BCUT2D eigenvalue weighted by molar-refractivity contribution is -0.175. The number of carbonyl (C=O) groups is 4. The van der Waals surface area contributed by atoms with Crippen molar-refractivity contribution < 1.29 is 53.4 Å². The number of ether oxygens (including phenoxy) is 4. The van der Waals surface area contributed by atoms with Crippen molar-refractivity contribution in [2.75, 3.05) is 13.6 Å². The molecule has 0 bridgehead atoms. The smallest absolute Gasteiger partial charge is 0.353 e. The average Bonchev–Trinajstić information content (AvgIpc) is 3.32. The van der Waals surface area contributed by atoms with E-state index in [0.29, 0.717) is 18.5 Å². The van der Waals surface area contributed by atoms with E-state index in [0.717, 1.165) is 12.5 Å². The zero-order valence-electron chi connectivity index (χ0n) is 24.8. The van der Waals surface area contributed by atoms with E-state index in [2.05, 4.69) is 0 Å². The van der Waals surface area contributed by atoms with E-state index in [1.807, 2.05) is 18.9 Å². The minimum absolute atomic E-state index is 0.0155. The van der Waals surface area contributed by atoms with E-state index in [1.165, 1.54) is 24.3 Å². The molecule has 0 saturated heterocycles. The van der Waals surface area contributed by atoms with Gasteiger partial charge in [0.1, 0.15) is 5.76 Å². The first kappa shape index (κ1) is 31.0. The van der Waals surface area contributed by atoms with Crippen LogP contribution in [0.25, 0.3) is 0 Å². The predicted octanol–water partition coefficient (Wildman–Crippen LogP) is 2.54. The Labute approximate surface area is 253 Å². The first-order valence-corrected chi connectivity index (χ1v) is 14.3. The van der Waals surface area contributed by atoms with Gasteiger partial charge in [-0.25, -0.2) is 9.59 Å². The van der Waals surface area contributed by atoms with Crippen LogP contribution in [-0.2, 0) is 45.2 Å². The maximum Gasteiger partial charge on any atom is 0.353 e. The van der Waals surface area contributed by atoms with Crippen molar-refractivity contribution in [2.24, 2.45) is 0 Å². The number of carboxylic acids is 1. The van der Waals surface area contributed by atoms with E-state index in [9.17, 15) is 34.5 Å². The summed E-state index contributed by atoms with van der Waals surface area (Å²) >= 11 is 0. The molecule has 0 saturated carbocycles. The Kier molecular flexibility index (Phi) is 8.17. The molecule has 0 amide bonds. The molecule has 0 fully saturated rings. The van der Waals surface area contributed by atoms with Crippen molar-refractivity contribution in [3.8, 4) is 11.5 Å². The van der Waals surface area contributed by atoms with Crippen molar-refractivity contribution in [3.05, 3.63) is 71.0 Å². The van der Waals surface area contributed by atoms with E-state index >= 15 is 0 Å². The monoisotopic (exact) mass is 609 g/mol. The third-order valence-corrected chi connectivity index (χ3v) is 8.99. The van der Waals surface area contributed by atoms with Gasteiger partial charge < -0.3 is 39.2 Å². The summed E-state index contributed by atoms with van der Waals surface area (Å²) in [5.74, 6) is -4.46. The van der Waals surface area contributed by atoms with Crippen LogP contribution < -0.4 is 4.74 Å². The second kappa shape index (κ2) is 11.6. The number of likely N-dealkylation sites (N-methyl/N-ethyl adjacent to an activating group) is 1. The number of aliphatic hydroxyl groups is 1. The minimum atomic E-state index is -1.77. The second-order valence-corrected chi connectivity index (χ2v) is 11.5. The summed E-state index contributed by atoms with van der Waals surface area (Å²) in [4.78, 5) is 52.0. The van der Waals surface area contributed by atoms with Crippen LogP contribution >= 0.6 is 0 Å². The molecule has 2 aromatic carbocycles. The summed E-state index contributed by atoms with van der Waals surface area (Å²) in [5.41, 5.74) is -0.793. The molecule has 0 radical (unpaired) electrons. The first-order valence-electron chi connectivity index (χ1n) is 14.3. The van der Waals surface area contributed by atoms with Gasteiger partial charge in [-0.05, 0) is 44.6 Å². The number of carboxylic acid groups (broad SMARTS) is 1. The number of carbonyl (C=O) groups excluding carboxylic acids is 3. The topological polar surface area (TPSA) is 169 Å². The fraction of sp³-hybridized carbons (Fsp3) is 0.438. The predicted molar refractivity (Wildman–Crippen MR) is 152 cm³/mol. The number of aliphatic carboxylic acids is 1. The molecule has 3 aliphatic rings. The summed E-state index contributed by atoms with van der Waals surface area (Å²) in [6.07, 6.45) is -3.15. The number of hydrogen-bond donors (Lipinski definition) is 3. The number of benzene rings is 2. The van der Waals surface area contributed by atoms with Crippen LogP contribution in [0.5, 0.6) is 11.5 Å². The SMILES string of the molecule is CCN(C)[C@@H]1Cc2ccc(O)c3c2[C@@]2(C)[C@@H](O3)C(OC(=O)[C@H](CC(=O)O[C@H](C(=O)O)c3ccccc3)OC(C)=O)=CC[C@@]12O. The van der Waals surface area contributed by atoms with Crippen LogP contribution in [0.1, 0.15) is 56.4 Å². The highest BCUT2D eigenvalue weighted by atomic mass is 16.6. The number of nitrogens with zero attached hydrogens (tertiary/aromatic N) is 1. The van der Waals surface area contributed by atoms with Crippen LogP contribution in [-0.4, -0.2) is 81.5 Å². The maximum atomic E-state index is 13.4. The van der Waals surface area contributed by atoms with Gasteiger partial charge in [0.05, 0.1) is 17.4 Å². The molecule has 2 aromatic rings. The number of hydrogen-bond acceptors (Lipinski definition) is 11. The Balaban J connectivity index is 1.41. The van der Waals surface area contributed by atoms with Gasteiger partial charge in [0.2, 0.25) is 12.2 Å². The van der Waals surface area contributed by atoms with Gasteiger partial charge in [0, 0.05) is 30.5 Å². The van der Waals surface area contributed by atoms with Crippen LogP contribution in [0, 0.1) is 0 Å². The highest BCUT2D eigenvalue weighted by Crippen LogP contribution is 2.62. The summed E-state index contributed by atoms with van der Waals surface area (Å²) in [6.45, 7) is 5.49. The zero-order valence-corrected chi connectivity index (χ0v) is 24.8. The Morgan fingerprint density at radius 2 is 1.82 bits per heavy atom. The molecule has 2 aliphatic carbocycles. The standard InChI is InChI=1S/C32H35NO11/c1-5-33(4)23-15-19-11-12-20(35)27-25(19)31(3)28(44-27)21(13-14-32(23,31)40)42-30(39)22(41-17(2)34)16-24(36)43-26(29(37)38)18-9-7-6-8-10-18/h6-13,22-23,26,28,35,40H,5,14-16H2,1-4H3,(H,37,38)/t22-,23+,26-,28-,31-,32+/m0/s1. The van der Waals surface area contributed by atoms with Gasteiger partial charge in [0.25, 0.3) is 0 Å². The van der Waals surface area contributed by atoms with Crippen molar-refractivity contribution in [3.63, 3.8) is 0 Å². The van der Waals surface area contributed by atoms with Gasteiger partial charge in [-0.1, -0.05) is 43.3 Å². The molecule has 6 atom stereocenters. The van der Waals surface area contributed by atoms with Crippen molar-refractivity contribution in [1.29, 1.82) is 0 Å². The van der Waals surface area contributed by atoms with Crippen molar-refractivity contribution in [2.45, 2.75) is 75.4 Å². The lowest BCUT2D eigenvalue weighted by Crippen LogP contribution is -2.69. The molecule has 0 spiro atoms. The number of aromatic hydroxyl groups is 1. The highest BCUT2D eigenvalue weighted by molar-refractivity contribution is 5.86. The summed E-state index contributed by atoms with van der Waals surface area (Å²) in [7, 11) is 1.91. The molecular weight excluding hydrogens is 574 g/mol. The quantitative estimate of drug-likeness (QED) is 0.266. The fourth-order valence-corrected chi connectivity index (χ4v) is 6.67. The number of rotatable bonds is 10. The van der Waals surface area contributed by atoms with Gasteiger partial charge >= 0.3 is 23.9 Å². The average molecular weight is 610 g/mol. The van der Waals surface area contributed by atoms with E-state index in [4.69, 9.17) is 18.9 Å². The molecule has 0 aromatic heterocycles. The lowest BCUT2D eigenvalue weighted by Gasteiger charge is -2.56. The Bertz CT molecular complexity index is 1520. The molecule has 1 aliphatic heterocycles. The normalized spacial score (nSPS) is 26.0. The summed E-state index contributed by atoms with van der Waals surface area (Å²) in [6, 6.07) is 10.8. The first-order chi connectivity index (χ1) is 20.8. The number of esters is 3. The summed E-state index contributed by atoms with van der Waals surface area (Å²) in [5, 5.41) is 32.6. The molecular formula is C32H35NO11. The fourth-order valence-electron chi connectivity index (χ4n) is 6.67. The van der Waals surface area contributed by atoms with Gasteiger partial charge in [-0.15, -0.1) is 0 Å². The highest BCUT2D eigenvalue weighted by Gasteiger charge is 2.68. The number of phenolic OH excluding ortho intramolecular Hbond substituents is 1. The molecule has 234 valence electrons. The molecule has 0 unspecified atom stereocenters. The minimum Gasteiger partial charge on any atom is -0.504 e. The van der Waals surface area contributed by atoms with Gasteiger partial charge in [0.15, 0.2) is 17.6 Å². The molecule has 12 heteroatoms. The van der Waals surface area contributed by atoms with Crippen molar-refractivity contribution in [1.82, 2.24) is 4.90 Å². The third-order valence-electron chi connectivity index (χ3n) is 8.99. The maximum absolute atomic E-state index is 13.4. The largest absolute Gasteiger partial charge is 0.504 e. The van der Waals surface area contributed by atoms with Crippen LogP contribution in [0.3, 0.4) is 0 Å². The molecule has 5 rings (SSSR count). The van der Waals surface area contributed by atoms with Gasteiger partial charge in [-0.3, -0.25) is 9.59 Å². The lowest BCUT2D eigenvalue weighted by atomic mass is 9.54. The molecule has 1 heterocycles. The third kappa shape index (κ3) is 5.07. The van der Waals surface area contributed by atoms with E-state index < -0.39 is 59.6 Å².